The van der Waals surface area contributed by atoms with Crippen LogP contribution in [-0.2, 0) is 9.59 Å². The molecule has 4 rings (SSSR count). The fourth-order valence-corrected chi connectivity index (χ4v) is 5.43. The molecule has 1 aliphatic carbocycles. The summed E-state index contributed by atoms with van der Waals surface area (Å²) in [4.78, 5) is 29.2. The Labute approximate surface area is 221 Å². The number of carbonyl (C=O) groups is 2. The van der Waals surface area contributed by atoms with Gasteiger partial charge in [0.1, 0.15) is 0 Å². The molecule has 1 fully saturated rings. The van der Waals surface area contributed by atoms with Crippen molar-refractivity contribution in [1.29, 1.82) is 0 Å². The first-order valence-corrected chi connectivity index (χ1v) is 13.5. The number of hydrogen-bond acceptors (Lipinski definition) is 3. The van der Waals surface area contributed by atoms with Crippen LogP contribution in [0.4, 0.5) is 5.69 Å². The lowest BCUT2D eigenvalue weighted by molar-refractivity contribution is -0.137. The SMILES string of the molecule is CC.Cc1cncc(-c2ccc(C(C(=O)Nc3cccc(C(C)CC(=O)O)c3C)C3CCCC3)cc2)c1. The molecule has 3 aromatic rings. The van der Waals surface area contributed by atoms with Crippen LogP contribution in [0.3, 0.4) is 0 Å². The normalized spacial score (nSPS) is 14.8. The lowest BCUT2D eigenvalue weighted by Crippen LogP contribution is -2.27. The van der Waals surface area contributed by atoms with Gasteiger partial charge < -0.3 is 10.4 Å². The zero-order chi connectivity index (χ0) is 26.9. The van der Waals surface area contributed by atoms with Crippen molar-refractivity contribution in [1.82, 2.24) is 4.98 Å². The first-order chi connectivity index (χ1) is 17.8. The molecule has 0 saturated heterocycles. The number of rotatable bonds is 8. The molecule has 1 amide bonds. The van der Waals surface area contributed by atoms with Gasteiger partial charge in [-0.15, -0.1) is 0 Å². The minimum absolute atomic E-state index is 0.00742. The summed E-state index contributed by atoms with van der Waals surface area (Å²) >= 11 is 0. The highest BCUT2D eigenvalue weighted by Crippen LogP contribution is 2.39. The van der Waals surface area contributed by atoms with Crippen LogP contribution < -0.4 is 5.32 Å². The number of carboxylic acids is 1. The van der Waals surface area contributed by atoms with Gasteiger partial charge in [0.15, 0.2) is 0 Å². The number of nitrogens with zero attached hydrogens (tertiary/aromatic N) is 1. The number of pyridine rings is 1. The molecule has 196 valence electrons. The zero-order valence-corrected chi connectivity index (χ0v) is 22.8. The number of aromatic nitrogens is 1. The molecule has 1 aromatic heterocycles. The van der Waals surface area contributed by atoms with Gasteiger partial charge in [-0.3, -0.25) is 14.6 Å². The molecule has 1 aliphatic rings. The van der Waals surface area contributed by atoms with Gasteiger partial charge in [-0.1, -0.05) is 70.0 Å². The summed E-state index contributed by atoms with van der Waals surface area (Å²) < 4.78 is 0. The van der Waals surface area contributed by atoms with Crippen LogP contribution in [0.5, 0.6) is 0 Å². The van der Waals surface area contributed by atoms with Gasteiger partial charge in [-0.25, -0.2) is 0 Å². The largest absolute Gasteiger partial charge is 0.481 e. The predicted molar refractivity (Wildman–Crippen MR) is 151 cm³/mol. The number of carbonyl (C=O) groups excluding carboxylic acids is 1. The van der Waals surface area contributed by atoms with E-state index in [0.717, 1.165) is 64.8 Å². The molecule has 37 heavy (non-hydrogen) atoms. The molecule has 2 unspecified atom stereocenters. The minimum atomic E-state index is -0.822. The van der Waals surface area contributed by atoms with Crippen LogP contribution in [0.25, 0.3) is 11.1 Å². The van der Waals surface area contributed by atoms with Gasteiger partial charge in [-0.05, 0) is 78.5 Å². The quantitative estimate of drug-likeness (QED) is 0.330. The van der Waals surface area contributed by atoms with Crippen LogP contribution in [0, 0.1) is 19.8 Å². The Morgan fingerprint density at radius 3 is 2.30 bits per heavy atom. The van der Waals surface area contributed by atoms with E-state index in [1.807, 2.05) is 65.2 Å². The Morgan fingerprint density at radius 1 is 1.00 bits per heavy atom. The van der Waals surface area contributed by atoms with Gasteiger partial charge in [-0.2, -0.15) is 0 Å². The standard InChI is InChI=1S/C30H34N2O3.C2H6/c1-19-15-25(18-31-17-19)22-11-13-24(14-12-22)29(23-7-4-5-8-23)30(35)32-27-10-6-9-26(21(27)3)20(2)16-28(33)34;1-2/h6,9-15,17-18,20,23,29H,4-5,7-8,16H2,1-3H3,(H,32,35)(H,33,34);1-2H3. The molecular formula is C32H40N2O3. The van der Waals surface area contributed by atoms with Crippen LogP contribution in [0.15, 0.2) is 60.9 Å². The predicted octanol–water partition coefficient (Wildman–Crippen LogP) is 7.88. The van der Waals surface area contributed by atoms with E-state index in [2.05, 4.69) is 40.6 Å². The lowest BCUT2D eigenvalue weighted by atomic mass is 9.83. The fraction of sp³-hybridized carbons (Fsp3) is 0.406. The molecule has 2 aromatic carbocycles. The Bertz CT molecular complexity index is 1200. The van der Waals surface area contributed by atoms with Crippen molar-refractivity contribution in [2.75, 3.05) is 5.32 Å². The molecule has 1 saturated carbocycles. The first-order valence-electron chi connectivity index (χ1n) is 13.5. The van der Waals surface area contributed by atoms with Crippen molar-refractivity contribution < 1.29 is 14.7 Å². The third-order valence-electron chi connectivity index (χ3n) is 7.28. The van der Waals surface area contributed by atoms with E-state index in [0.29, 0.717) is 5.92 Å². The first kappa shape index (κ1) is 28.1. The average Bonchev–Trinajstić information content (AvgIpc) is 3.41. The number of benzene rings is 2. The number of hydrogen-bond donors (Lipinski definition) is 2. The van der Waals surface area contributed by atoms with E-state index < -0.39 is 5.97 Å². The summed E-state index contributed by atoms with van der Waals surface area (Å²) in [7, 11) is 0. The highest BCUT2D eigenvalue weighted by atomic mass is 16.4. The van der Waals surface area contributed by atoms with Crippen LogP contribution in [0.2, 0.25) is 0 Å². The summed E-state index contributed by atoms with van der Waals surface area (Å²) in [5, 5.41) is 12.4. The summed E-state index contributed by atoms with van der Waals surface area (Å²) in [6.45, 7) is 9.90. The van der Waals surface area contributed by atoms with Gasteiger partial charge in [0.25, 0.3) is 0 Å². The maximum absolute atomic E-state index is 13.7. The topological polar surface area (TPSA) is 79.3 Å². The van der Waals surface area contributed by atoms with E-state index in [9.17, 15) is 14.7 Å². The summed E-state index contributed by atoms with van der Waals surface area (Å²) in [6.07, 6.45) is 8.19. The molecule has 0 bridgehead atoms. The van der Waals surface area contributed by atoms with Crippen LogP contribution >= 0.6 is 0 Å². The number of anilines is 1. The maximum Gasteiger partial charge on any atom is 0.303 e. The second kappa shape index (κ2) is 13.2. The van der Waals surface area contributed by atoms with Crippen molar-refractivity contribution in [2.24, 2.45) is 5.92 Å². The fourth-order valence-electron chi connectivity index (χ4n) is 5.43. The lowest BCUT2D eigenvalue weighted by Gasteiger charge is -2.25. The number of aryl methyl sites for hydroxylation is 1. The monoisotopic (exact) mass is 500 g/mol. The van der Waals surface area contributed by atoms with Crippen molar-refractivity contribution in [2.45, 2.75) is 78.6 Å². The Morgan fingerprint density at radius 2 is 1.68 bits per heavy atom. The van der Waals surface area contributed by atoms with E-state index in [1.165, 1.54) is 0 Å². The molecule has 2 atom stereocenters. The van der Waals surface area contributed by atoms with E-state index in [1.54, 1.807) is 0 Å². The zero-order valence-electron chi connectivity index (χ0n) is 22.8. The molecule has 2 N–H and O–H groups in total. The number of amides is 1. The summed E-state index contributed by atoms with van der Waals surface area (Å²) in [6, 6.07) is 16.2. The van der Waals surface area contributed by atoms with Crippen molar-refractivity contribution in [3.63, 3.8) is 0 Å². The summed E-state index contributed by atoms with van der Waals surface area (Å²) in [5.74, 6) is -0.846. The molecule has 0 radical (unpaired) electrons. The van der Waals surface area contributed by atoms with Gasteiger partial charge in [0.2, 0.25) is 5.91 Å². The van der Waals surface area contributed by atoms with Gasteiger partial charge in [0, 0.05) is 23.6 Å². The smallest absolute Gasteiger partial charge is 0.303 e. The molecule has 5 nitrogen and oxygen atoms in total. The average molecular weight is 501 g/mol. The number of nitrogens with one attached hydrogen (secondary N) is 1. The Hall–Kier alpha value is -3.47. The Balaban J connectivity index is 0.00000186. The van der Waals surface area contributed by atoms with Crippen LogP contribution in [0.1, 0.15) is 87.0 Å². The van der Waals surface area contributed by atoms with E-state index in [4.69, 9.17) is 0 Å². The van der Waals surface area contributed by atoms with Gasteiger partial charge in [0.05, 0.1) is 12.3 Å². The van der Waals surface area contributed by atoms with Gasteiger partial charge >= 0.3 is 5.97 Å². The minimum Gasteiger partial charge on any atom is -0.481 e. The van der Waals surface area contributed by atoms with Crippen molar-refractivity contribution in [3.05, 3.63) is 83.2 Å². The highest BCUT2D eigenvalue weighted by molar-refractivity contribution is 5.97. The molecule has 1 heterocycles. The van der Waals surface area contributed by atoms with E-state index in [-0.39, 0.29) is 24.2 Å². The third-order valence-corrected chi connectivity index (χ3v) is 7.28. The second-order valence-corrected chi connectivity index (χ2v) is 9.90. The molecule has 0 spiro atoms. The van der Waals surface area contributed by atoms with Crippen molar-refractivity contribution >= 4 is 17.6 Å². The maximum atomic E-state index is 13.7. The van der Waals surface area contributed by atoms with Crippen molar-refractivity contribution in [3.8, 4) is 11.1 Å². The van der Waals surface area contributed by atoms with Crippen LogP contribution in [-0.4, -0.2) is 22.0 Å². The summed E-state index contributed by atoms with van der Waals surface area (Å²) in [5.41, 5.74) is 6.96. The highest BCUT2D eigenvalue weighted by Gasteiger charge is 2.32. The third kappa shape index (κ3) is 7.06. The second-order valence-electron chi connectivity index (χ2n) is 9.90. The molecule has 0 aliphatic heterocycles. The number of aliphatic carboxylic acids is 1. The number of carboxylic acid groups (broad SMARTS) is 1. The molecule has 5 heteroatoms. The molecular weight excluding hydrogens is 460 g/mol. The Kier molecular flexibility index (Phi) is 10.0. The van der Waals surface area contributed by atoms with E-state index >= 15 is 0 Å².